The largest absolute Gasteiger partial charge is 0.341 e. The number of nitrogens with one attached hydrogen (secondary N) is 2. The van der Waals surface area contributed by atoms with Gasteiger partial charge in [-0.2, -0.15) is 0 Å². The lowest BCUT2D eigenvalue weighted by molar-refractivity contribution is 0.102. The van der Waals surface area contributed by atoms with Gasteiger partial charge < -0.3 is 14.9 Å². The predicted molar refractivity (Wildman–Crippen MR) is 122 cm³/mol. The van der Waals surface area contributed by atoms with Crippen LogP contribution in [0.4, 0.5) is 14.5 Å². The third-order valence-corrected chi connectivity index (χ3v) is 4.92. The molecular formula is C21H14BrClF2N4O3. The molecule has 1 aromatic carbocycles. The van der Waals surface area contributed by atoms with Crippen LogP contribution in [-0.2, 0) is 6.54 Å². The van der Waals surface area contributed by atoms with Crippen LogP contribution in [0.15, 0.2) is 64.6 Å². The fourth-order valence-corrected chi connectivity index (χ4v) is 3.28. The van der Waals surface area contributed by atoms with E-state index in [-0.39, 0.29) is 56.4 Å². The van der Waals surface area contributed by atoms with Gasteiger partial charge in [0.2, 0.25) is 11.0 Å². The van der Waals surface area contributed by atoms with Gasteiger partial charge in [0, 0.05) is 30.2 Å². The third-order valence-electron chi connectivity index (χ3n) is 4.62. The Labute approximate surface area is 194 Å². The Bertz CT molecular complexity index is 1440. The molecule has 0 unspecified atom stereocenters. The molecule has 4 rings (SSSR count). The number of benzene rings is 1. The molecular weight excluding hydrogens is 510 g/mol. The standard InChI is InChI=1S/C21H13ClF2N4O3.BrH/c22-13-8-25-7-6-16(13)26-21(31)12-10-28(9-11-14(23)2-1-3-15(11)24)17-4-5-18(29)27-19(17)20(12)30;/h1-8,10H,9H2,(H,27,29)(H,25,26,31);1H. The minimum atomic E-state index is -0.813. The number of carbonyl (C=O) groups excluding carboxylic acids is 1. The smallest absolute Gasteiger partial charge is 0.261 e. The number of nitrogens with zero attached hydrogens (tertiary/aromatic N) is 2. The molecule has 0 aliphatic heterocycles. The van der Waals surface area contributed by atoms with Gasteiger partial charge in [-0.25, -0.2) is 8.78 Å². The van der Waals surface area contributed by atoms with Gasteiger partial charge in [-0.1, -0.05) is 17.7 Å². The van der Waals surface area contributed by atoms with Crippen molar-refractivity contribution in [3.8, 4) is 0 Å². The Hall–Kier alpha value is -3.37. The van der Waals surface area contributed by atoms with E-state index in [9.17, 15) is 23.2 Å². The van der Waals surface area contributed by atoms with E-state index in [1.165, 1.54) is 47.4 Å². The van der Waals surface area contributed by atoms with Gasteiger partial charge in [0.1, 0.15) is 22.7 Å². The summed E-state index contributed by atoms with van der Waals surface area (Å²) in [5.41, 5.74) is -1.68. The van der Waals surface area contributed by atoms with Crippen LogP contribution in [0.2, 0.25) is 5.02 Å². The molecule has 4 aromatic rings. The van der Waals surface area contributed by atoms with Gasteiger partial charge in [0.05, 0.1) is 22.8 Å². The SMILES string of the molecule is Br.O=C(Nc1ccncc1Cl)c1cn(Cc2c(F)cccc2F)c2ccc(=O)[nH]c2c1=O. The van der Waals surface area contributed by atoms with Crippen LogP contribution in [-0.4, -0.2) is 20.4 Å². The van der Waals surface area contributed by atoms with E-state index < -0.39 is 28.5 Å². The van der Waals surface area contributed by atoms with E-state index in [0.29, 0.717) is 0 Å². The number of amides is 1. The molecule has 0 aliphatic rings. The first-order valence-corrected chi connectivity index (χ1v) is 9.33. The summed E-state index contributed by atoms with van der Waals surface area (Å²) in [4.78, 5) is 43.7. The monoisotopic (exact) mass is 522 g/mol. The first kappa shape index (κ1) is 23.3. The molecule has 0 saturated carbocycles. The Balaban J connectivity index is 0.00000289. The molecule has 1 amide bonds. The number of hydrogen-bond acceptors (Lipinski definition) is 4. The lowest BCUT2D eigenvalue weighted by Gasteiger charge is -2.14. The zero-order valence-corrected chi connectivity index (χ0v) is 18.5. The van der Waals surface area contributed by atoms with Crippen molar-refractivity contribution in [1.29, 1.82) is 0 Å². The number of anilines is 1. The maximum atomic E-state index is 14.2. The number of carbonyl (C=O) groups is 1. The van der Waals surface area contributed by atoms with Crippen LogP contribution in [0.25, 0.3) is 11.0 Å². The van der Waals surface area contributed by atoms with Crippen molar-refractivity contribution in [3.05, 3.63) is 103 Å². The minimum Gasteiger partial charge on any atom is -0.341 e. The Morgan fingerprint density at radius 2 is 1.84 bits per heavy atom. The van der Waals surface area contributed by atoms with Gasteiger partial charge in [0.25, 0.3) is 5.91 Å². The number of rotatable bonds is 4. The highest BCUT2D eigenvalue weighted by Crippen LogP contribution is 2.21. The predicted octanol–water partition coefficient (Wildman–Crippen LogP) is 3.89. The van der Waals surface area contributed by atoms with E-state index >= 15 is 0 Å². The average molecular weight is 524 g/mol. The second kappa shape index (κ2) is 9.41. The Kier molecular flexibility index (Phi) is 6.85. The molecule has 32 heavy (non-hydrogen) atoms. The number of fused-ring (bicyclic) bond motifs is 1. The molecule has 0 fully saturated rings. The number of pyridine rings is 3. The van der Waals surface area contributed by atoms with Crippen LogP contribution in [0.5, 0.6) is 0 Å². The van der Waals surface area contributed by atoms with Crippen molar-refractivity contribution in [2.75, 3.05) is 5.32 Å². The molecule has 0 bridgehead atoms. The zero-order valence-electron chi connectivity index (χ0n) is 16.1. The van der Waals surface area contributed by atoms with Crippen LogP contribution in [0, 0.1) is 11.6 Å². The highest BCUT2D eigenvalue weighted by atomic mass is 79.9. The van der Waals surface area contributed by atoms with E-state index in [1.807, 2.05) is 0 Å². The van der Waals surface area contributed by atoms with Gasteiger partial charge >= 0.3 is 0 Å². The Morgan fingerprint density at radius 1 is 1.12 bits per heavy atom. The molecule has 7 nitrogen and oxygen atoms in total. The number of hydrogen-bond donors (Lipinski definition) is 2. The fourth-order valence-electron chi connectivity index (χ4n) is 3.11. The highest BCUT2D eigenvalue weighted by molar-refractivity contribution is 8.93. The molecule has 0 atom stereocenters. The molecule has 0 spiro atoms. The maximum Gasteiger partial charge on any atom is 0.261 e. The molecule has 2 N–H and O–H groups in total. The average Bonchev–Trinajstić information content (AvgIpc) is 2.74. The summed E-state index contributed by atoms with van der Waals surface area (Å²) < 4.78 is 29.7. The molecule has 11 heteroatoms. The minimum absolute atomic E-state index is 0. The normalized spacial score (nSPS) is 10.6. The van der Waals surface area contributed by atoms with Crippen molar-refractivity contribution >= 4 is 51.2 Å². The van der Waals surface area contributed by atoms with Crippen molar-refractivity contribution in [2.24, 2.45) is 0 Å². The molecule has 0 radical (unpaired) electrons. The lowest BCUT2D eigenvalue weighted by Crippen LogP contribution is -2.26. The van der Waals surface area contributed by atoms with Crippen molar-refractivity contribution in [1.82, 2.24) is 14.5 Å². The van der Waals surface area contributed by atoms with Crippen LogP contribution < -0.4 is 16.3 Å². The summed E-state index contributed by atoms with van der Waals surface area (Å²) in [6.07, 6.45) is 3.90. The number of H-pyrrole nitrogens is 1. The van der Waals surface area contributed by atoms with Crippen molar-refractivity contribution in [2.45, 2.75) is 6.54 Å². The summed E-state index contributed by atoms with van der Waals surface area (Å²) in [5, 5.41) is 2.65. The second-order valence-corrected chi connectivity index (χ2v) is 7.00. The topological polar surface area (TPSA) is 96.8 Å². The quantitative estimate of drug-likeness (QED) is 0.424. The summed E-state index contributed by atoms with van der Waals surface area (Å²) in [6.45, 7) is -0.322. The van der Waals surface area contributed by atoms with E-state index in [2.05, 4.69) is 15.3 Å². The fraction of sp³-hybridized carbons (Fsp3) is 0.0476. The zero-order chi connectivity index (χ0) is 22.1. The van der Waals surface area contributed by atoms with Crippen molar-refractivity contribution in [3.63, 3.8) is 0 Å². The van der Waals surface area contributed by atoms with Gasteiger partial charge in [-0.3, -0.25) is 19.4 Å². The first-order chi connectivity index (χ1) is 14.8. The second-order valence-electron chi connectivity index (χ2n) is 6.59. The third kappa shape index (κ3) is 4.46. The molecule has 0 saturated heterocycles. The number of aromatic nitrogens is 3. The molecule has 0 aliphatic carbocycles. The lowest BCUT2D eigenvalue weighted by atomic mass is 10.1. The summed E-state index contributed by atoms with van der Waals surface area (Å²) >= 11 is 5.99. The van der Waals surface area contributed by atoms with E-state index in [1.54, 1.807) is 0 Å². The highest BCUT2D eigenvalue weighted by Gasteiger charge is 2.19. The summed E-state index contributed by atoms with van der Waals surface area (Å²) in [5.74, 6) is -2.39. The molecule has 164 valence electrons. The van der Waals surface area contributed by atoms with Crippen LogP contribution >= 0.6 is 28.6 Å². The summed E-state index contributed by atoms with van der Waals surface area (Å²) in [6, 6.07) is 7.39. The van der Waals surface area contributed by atoms with Crippen LogP contribution in [0.1, 0.15) is 15.9 Å². The van der Waals surface area contributed by atoms with Gasteiger partial charge in [-0.15, -0.1) is 17.0 Å². The molecule has 3 aromatic heterocycles. The van der Waals surface area contributed by atoms with E-state index in [4.69, 9.17) is 11.6 Å². The first-order valence-electron chi connectivity index (χ1n) is 8.95. The van der Waals surface area contributed by atoms with E-state index in [0.717, 1.165) is 12.1 Å². The molecule has 3 heterocycles. The van der Waals surface area contributed by atoms with Crippen molar-refractivity contribution < 1.29 is 13.6 Å². The maximum absolute atomic E-state index is 14.2. The summed E-state index contributed by atoms with van der Waals surface area (Å²) in [7, 11) is 0. The van der Waals surface area contributed by atoms with Gasteiger partial charge in [-0.05, 0) is 24.3 Å². The number of halogens is 4. The number of aromatic amines is 1. The van der Waals surface area contributed by atoms with Crippen LogP contribution in [0.3, 0.4) is 0 Å². The Morgan fingerprint density at radius 3 is 2.53 bits per heavy atom. The van der Waals surface area contributed by atoms with Gasteiger partial charge in [0.15, 0.2) is 0 Å².